The van der Waals surface area contributed by atoms with Crippen LogP contribution in [0.5, 0.6) is 0 Å². The molecule has 0 bridgehead atoms. The fourth-order valence-electron chi connectivity index (χ4n) is 5.53. The molecule has 0 fully saturated rings. The maximum Gasteiger partial charge on any atom is 0.122 e. The topological polar surface area (TPSA) is 41.6 Å². The summed E-state index contributed by atoms with van der Waals surface area (Å²) in [7, 11) is 0. The Hall–Kier alpha value is -1.75. The number of aromatic nitrogens is 3. The molecule has 0 saturated heterocycles. The number of nitrogens with one attached hydrogen (secondary N) is 1. The Kier molecular flexibility index (Phi) is 17.5. The van der Waals surface area contributed by atoms with Crippen LogP contribution in [-0.4, -0.2) is 15.0 Å². The molecule has 0 spiro atoms. The van der Waals surface area contributed by atoms with Gasteiger partial charge in [0.1, 0.15) is 10.9 Å². The van der Waals surface area contributed by atoms with Crippen LogP contribution in [0, 0.1) is 0 Å². The van der Waals surface area contributed by atoms with Gasteiger partial charge in [0.15, 0.2) is 0 Å². The van der Waals surface area contributed by atoms with Crippen LogP contribution in [-0.2, 0) is 6.42 Å². The number of unbranched alkanes of at least 4 members (excludes halogenated alkanes) is 12. The SMILES string of the molecule is CCCCCCCC/C=C\CCCCCCCCC(Cc1ccncc1)c1nc(Sc2cc(Cl)cc(Cl)c2)c(C(C)C)[nH]1. The number of hydrogen-bond acceptors (Lipinski definition) is 3. The maximum atomic E-state index is 6.29. The molecule has 3 nitrogen and oxygen atoms in total. The number of hydrogen-bond donors (Lipinski definition) is 1. The quantitative estimate of drug-likeness (QED) is 0.0876. The molecular formula is C37H53Cl2N3S. The van der Waals surface area contributed by atoms with E-state index in [0.717, 1.165) is 28.6 Å². The van der Waals surface area contributed by atoms with Crippen molar-refractivity contribution in [2.75, 3.05) is 0 Å². The molecule has 1 unspecified atom stereocenters. The highest BCUT2D eigenvalue weighted by molar-refractivity contribution is 7.99. The minimum absolute atomic E-state index is 0.338. The molecule has 0 aliphatic heterocycles. The first-order valence-electron chi connectivity index (χ1n) is 16.7. The molecule has 6 heteroatoms. The Morgan fingerprint density at radius 1 is 0.791 bits per heavy atom. The lowest BCUT2D eigenvalue weighted by Gasteiger charge is -2.15. The first-order chi connectivity index (χ1) is 21.0. The summed E-state index contributed by atoms with van der Waals surface area (Å²) in [5.41, 5.74) is 2.49. The molecule has 1 N–H and O–H groups in total. The highest BCUT2D eigenvalue weighted by Crippen LogP contribution is 2.37. The molecule has 43 heavy (non-hydrogen) atoms. The number of pyridine rings is 1. The van der Waals surface area contributed by atoms with Crippen LogP contribution in [0.3, 0.4) is 0 Å². The third-order valence-electron chi connectivity index (χ3n) is 8.03. The van der Waals surface area contributed by atoms with E-state index in [4.69, 9.17) is 28.2 Å². The summed E-state index contributed by atoms with van der Waals surface area (Å²) in [4.78, 5) is 14.1. The predicted molar refractivity (Wildman–Crippen MR) is 188 cm³/mol. The van der Waals surface area contributed by atoms with Crippen molar-refractivity contribution < 1.29 is 0 Å². The highest BCUT2D eigenvalue weighted by atomic mass is 35.5. The van der Waals surface area contributed by atoms with Crippen molar-refractivity contribution in [3.8, 4) is 0 Å². The number of benzene rings is 1. The van der Waals surface area contributed by atoms with Gasteiger partial charge in [-0.05, 0) is 80.3 Å². The van der Waals surface area contributed by atoms with Gasteiger partial charge in [0.25, 0.3) is 0 Å². The molecule has 0 aliphatic carbocycles. The zero-order chi connectivity index (χ0) is 30.7. The number of rotatable bonds is 22. The number of aromatic amines is 1. The molecule has 1 aromatic carbocycles. The molecule has 2 aromatic heterocycles. The number of nitrogens with zero attached hydrogens (tertiary/aromatic N) is 2. The smallest absolute Gasteiger partial charge is 0.122 e. The van der Waals surface area contributed by atoms with E-state index < -0.39 is 0 Å². The Morgan fingerprint density at radius 2 is 1.37 bits per heavy atom. The second-order valence-corrected chi connectivity index (χ2v) is 14.1. The van der Waals surface area contributed by atoms with E-state index in [9.17, 15) is 0 Å². The summed E-state index contributed by atoms with van der Waals surface area (Å²) < 4.78 is 0. The van der Waals surface area contributed by atoms with Crippen molar-refractivity contribution in [3.63, 3.8) is 0 Å². The van der Waals surface area contributed by atoms with Crippen molar-refractivity contribution in [2.24, 2.45) is 0 Å². The zero-order valence-electron chi connectivity index (χ0n) is 26.7. The minimum atomic E-state index is 0.338. The summed E-state index contributed by atoms with van der Waals surface area (Å²) in [5.74, 6) is 1.77. The van der Waals surface area contributed by atoms with Crippen molar-refractivity contribution in [3.05, 3.63) is 82.0 Å². The van der Waals surface area contributed by atoms with Crippen LogP contribution in [0.1, 0.15) is 146 Å². The lowest BCUT2D eigenvalue weighted by molar-refractivity contribution is 0.519. The van der Waals surface area contributed by atoms with Gasteiger partial charge in [-0.25, -0.2) is 4.98 Å². The molecule has 3 rings (SSSR count). The van der Waals surface area contributed by atoms with E-state index in [1.54, 1.807) is 17.8 Å². The van der Waals surface area contributed by atoms with Gasteiger partial charge >= 0.3 is 0 Å². The third-order valence-corrected chi connectivity index (χ3v) is 9.44. The fraction of sp³-hybridized carbons (Fsp3) is 0.568. The van der Waals surface area contributed by atoms with Crippen LogP contribution in [0.2, 0.25) is 10.0 Å². The zero-order valence-corrected chi connectivity index (χ0v) is 29.1. The number of halogens is 2. The molecule has 0 saturated carbocycles. The molecule has 0 radical (unpaired) electrons. The van der Waals surface area contributed by atoms with Crippen molar-refractivity contribution in [1.82, 2.24) is 15.0 Å². The van der Waals surface area contributed by atoms with Gasteiger partial charge in [-0.3, -0.25) is 4.98 Å². The van der Waals surface area contributed by atoms with Crippen LogP contribution >= 0.6 is 35.0 Å². The van der Waals surface area contributed by atoms with Crippen LogP contribution in [0.4, 0.5) is 0 Å². The summed E-state index contributed by atoms with van der Waals surface area (Å²) in [5, 5.41) is 2.31. The summed E-state index contributed by atoms with van der Waals surface area (Å²) >= 11 is 14.2. The second kappa shape index (κ2) is 21.1. The van der Waals surface area contributed by atoms with Crippen molar-refractivity contribution >= 4 is 35.0 Å². The van der Waals surface area contributed by atoms with Gasteiger partial charge in [-0.2, -0.15) is 0 Å². The van der Waals surface area contributed by atoms with Crippen LogP contribution < -0.4 is 0 Å². The van der Waals surface area contributed by atoms with E-state index in [0.29, 0.717) is 21.9 Å². The molecule has 2 heterocycles. The maximum absolute atomic E-state index is 6.29. The summed E-state index contributed by atoms with van der Waals surface area (Å²) in [6.07, 6.45) is 29.3. The predicted octanol–water partition coefficient (Wildman–Crippen LogP) is 13.1. The van der Waals surface area contributed by atoms with E-state index in [2.05, 4.69) is 55.0 Å². The number of H-pyrrole nitrogens is 1. The lowest BCUT2D eigenvalue weighted by atomic mass is 9.93. The summed E-state index contributed by atoms with van der Waals surface area (Å²) in [6, 6.07) is 9.94. The Morgan fingerprint density at radius 3 is 1.98 bits per heavy atom. The van der Waals surface area contributed by atoms with Gasteiger partial charge in [0.2, 0.25) is 0 Å². The third kappa shape index (κ3) is 14.3. The average Bonchev–Trinajstić information content (AvgIpc) is 3.40. The van der Waals surface area contributed by atoms with Gasteiger partial charge < -0.3 is 4.98 Å². The molecule has 1 atom stereocenters. The molecule has 0 aliphatic rings. The lowest BCUT2D eigenvalue weighted by Crippen LogP contribution is -2.06. The molecular weight excluding hydrogens is 589 g/mol. The van der Waals surface area contributed by atoms with Crippen molar-refractivity contribution in [1.29, 1.82) is 0 Å². The summed E-state index contributed by atoms with van der Waals surface area (Å²) in [6.45, 7) is 6.72. The van der Waals surface area contributed by atoms with Gasteiger partial charge in [-0.15, -0.1) is 0 Å². The minimum Gasteiger partial charge on any atom is -0.344 e. The monoisotopic (exact) mass is 641 g/mol. The van der Waals surface area contributed by atoms with Crippen molar-refractivity contribution in [2.45, 2.75) is 145 Å². The van der Waals surface area contributed by atoms with E-state index in [1.807, 2.05) is 24.5 Å². The van der Waals surface area contributed by atoms with Gasteiger partial charge in [0, 0.05) is 33.3 Å². The van der Waals surface area contributed by atoms with E-state index in [-0.39, 0.29) is 0 Å². The fourth-order valence-corrected chi connectivity index (χ4v) is 7.32. The normalized spacial score (nSPS) is 12.5. The largest absolute Gasteiger partial charge is 0.344 e. The standard InChI is InChI=1S/C37H53Cl2N3S/c1-4-5-6-7-8-9-10-11-12-13-14-15-16-17-18-19-20-31(25-30-21-23-40-24-22-30)36-41-35(29(2)3)37(42-36)43-34-27-32(38)26-33(39)28-34/h11-12,21-24,26-29,31H,4-10,13-20,25H2,1-3H3,(H,41,42)/b12-11-. The second-order valence-electron chi connectivity index (χ2n) is 12.2. The van der Waals surface area contributed by atoms with Gasteiger partial charge in [0.05, 0.1) is 5.69 Å². The molecule has 0 amide bonds. The highest BCUT2D eigenvalue weighted by Gasteiger charge is 2.21. The molecule has 3 aromatic rings. The Balaban J connectivity index is 1.47. The van der Waals surface area contributed by atoms with Gasteiger partial charge in [-0.1, -0.05) is 132 Å². The Labute approximate surface area is 276 Å². The first kappa shape index (κ1) is 35.7. The van der Waals surface area contributed by atoms with E-state index in [1.165, 1.54) is 101 Å². The van der Waals surface area contributed by atoms with Crippen LogP contribution in [0.15, 0.2) is 64.8 Å². The Bertz CT molecular complexity index is 1170. The first-order valence-corrected chi connectivity index (χ1v) is 18.3. The average molecular weight is 643 g/mol. The number of allylic oxidation sites excluding steroid dienone is 2. The van der Waals surface area contributed by atoms with E-state index >= 15 is 0 Å². The molecule has 236 valence electrons. The van der Waals surface area contributed by atoms with Crippen LogP contribution in [0.25, 0.3) is 0 Å². The number of imidazole rings is 1.